The molecule has 1 aliphatic carbocycles. The first-order chi connectivity index (χ1) is 9.99. The Hall–Kier alpha value is -1.10. The molecule has 0 heterocycles. The second-order valence-corrected chi connectivity index (χ2v) is 6.39. The van der Waals surface area contributed by atoms with Gasteiger partial charge in [0.15, 0.2) is 0 Å². The van der Waals surface area contributed by atoms with Crippen molar-refractivity contribution in [1.29, 1.82) is 0 Å². The van der Waals surface area contributed by atoms with Crippen molar-refractivity contribution < 1.29 is 14.6 Å². The van der Waals surface area contributed by atoms with E-state index in [-0.39, 0.29) is 24.3 Å². The van der Waals surface area contributed by atoms with Crippen LogP contribution in [0.4, 0.5) is 0 Å². The first kappa shape index (κ1) is 16.3. The van der Waals surface area contributed by atoms with Crippen molar-refractivity contribution in [3.05, 3.63) is 34.9 Å². The van der Waals surface area contributed by atoms with Crippen LogP contribution in [0, 0.1) is 5.92 Å². The van der Waals surface area contributed by atoms with E-state index in [0.717, 1.165) is 12.0 Å². The van der Waals surface area contributed by atoms with E-state index in [2.05, 4.69) is 5.32 Å². The van der Waals surface area contributed by atoms with Crippen LogP contribution in [0.1, 0.15) is 31.2 Å². The Bertz CT molecular complexity index is 483. The summed E-state index contributed by atoms with van der Waals surface area (Å²) in [6.07, 6.45) is 1.33. The van der Waals surface area contributed by atoms with Gasteiger partial charge in [-0.05, 0) is 43.4 Å². The van der Waals surface area contributed by atoms with Crippen molar-refractivity contribution in [2.24, 2.45) is 5.92 Å². The van der Waals surface area contributed by atoms with Crippen molar-refractivity contribution in [3.8, 4) is 0 Å². The van der Waals surface area contributed by atoms with Crippen LogP contribution >= 0.6 is 11.6 Å². The zero-order chi connectivity index (χ0) is 15.5. The van der Waals surface area contributed by atoms with Crippen LogP contribution in [0.3, 0.4) is 0 Å². The molecule has 0 aliphatic heterocycles. The van der Waals surface area contributed by atoms with Crippen molar-refractivity contribution in [2.75, 3.05) is 20.3 Å². The standard InChI is InChI=1S/C16H22ClNO3/c1-16(7-8-19,10-21-2)18-15(20)14-9-13(14)11-3-5-12(17)6-4-11/h3-6,13-14,19H,7-10H2,1-2H3,(H,18,20). The number of carbonyl (C=O) groups excluding carboxylic acids is 1. The third kappa shape index (κ3) is 4.19. The van der Waals surface area contributed by atoms with Gasteiger partial charge in [-0.25, -0.2) is 0 Å². The molecular formula is C16H22ClNO3. The zero-order valence-corrected chi connectivity index (χ0v) is 13.2. The summed E-state index contributed by atoms with van der Waals surface area (Å²) in [7, 11) is 1.59. The van der Waals surface area contributed by atoms with Crippen molar-refractivity contribution in [2.45, 2.75) is 31.2 Å². The van der Waals surface area contributed by atoms with Crippen molar-refractivity contribution in [3.63, 3.8) is 0 Å². The molecule has 1 saturated carbocycles. The Morgan fingerprint density at radius 2 is 2.14 bits per heavy atom. The van der Waals surface area contributed by atoms with Gasteiger partial charge >= 0.3 is 0 Å². The van der Waals surface area contributed by atoms with Crippen LogP contribution in [0.25, 0.3) is 0 Å². The quantitative estimate of drug-likeness (QED) is 0.812. The second-order valence-electron chi connectivity index (χ2n) is 5.96. The van der Waals surface area contributed by atoms with E-state index in [1.54, 1.807) is 7.11 Å². The molecule has 1 aliphatic rings. The molecule has 0 radical (unpaired) electrons. The van der Waals surface area contributed by atoms with Crippen LogP contribution in [0.2, 0.25) is 5.02 Å². The Labute approximate surface area is 130 Å². The molecule has 1 aromatic carbocycles. The fraction of sp³-hybridized carbons (Fsp3) is 0.562. The minimum atomic E-state index is -0.520. The third-order valence-corrected chi connectivity index (χ3v) is 4.23. The van der Waals surface area contributed by atoms with Crippen LogP contribution in [0.15, 0.2) is 24.3 Å². The summed E-state index contributed by atoms with van der Waals surface area (Å²) in [6, 6.07) is 7.65. The van der Waals surface area contributed by atoms with Gasteiger partial charge in [-0.3, -0.25) is 4.79 Å². The van der Waals surface area contributed by atoms with E-state index < -0.39 is 5.54 Å². The lowest BCUT2D eigenvalue weighted by atomic mass is 9.98. The van der Waals surface area contributed by atoms with Gasteiger partial charge in [0, 0.05) is 24.7 Å². The largest absolute Gasteiger partial charge is 0.396 e. The highest BCUT2D eigenvalue weighted by atomic mass is 35.5. The number of hydrogen-bond donors (Lipinski definition) is 2. The average Bonchev–Trinajstić information content (AvgIpc) is 3.20. The summed E-state index contributed by atoms with van der Waals surface area (Å²) in [4.78, 5) is 12.3. The van der Waals surface area contributed by atoms with E-state index in [4.69, 9.17) is 21.4 Å². The number of hydrogen-bond acceptors (Lipinski definition) is 3. The Morgan fingerprint density at radius 1 is 1.48 bits per heavy atom. The number of nitrogens with one attached hydrogen (secondary N) is 1. The molecule has 3 unspecified atom stereocenters. The van der Waals surface area contributed by atoms with Gasteiger partial charge < -0.3 is 15.2 Å². The maximum Gasteiger partial charge on any atom is 0.224 e. The summed E-state index contributed by atoms with van der Waals surface area (Å²) in [5.74, 6) is 0.298. The summed E-state index contributed by atoms with van der Waals surface area (Å²) in [5.41, 5.74) is 0.628. The zero-order valence-electron chi connectivity index (χ0n) is 12.4. The molecule has 1 amide bonds. The monoisotopic (exact) mass is 311 g/mol. The van der Waals surface area contributed by atoms with Gasteiger partial charge in [-0.15, -0.1) is 0 Å². The summed E-state index contributed by atoms with van der Waals surface area (Å²) in [6.45, 7) is 2.30. The van der Waals surface area contributed by atoms with Crippen LogP contribution in [0.5, 0.6) is 0 Å². The summed E-state index contributed by atoms with van der Waals surface area (Å²) >= 11 is 5.88. The van der Waals surface area contributed by atoms with E-state index in [1.807, 2.05) is 31.2 Å². The van der Waals surface area contributed by atoms with E-state index in [9.17, 15) is 4.79 Å². The topological polar surface area (TPSA) is 58.6 Å². The minimum Gasteiger partial charge on any atom is -0.396 e. The molecule has 0 spiro atoms. The molecule has 21 heavy (non-hydrogen) atoms. The lowest BCUT2D eigenvalue weighted by molar-refractivity contribution is -0.125. The first-order valence-corrected chi connectivity index (χ1v) is 7.54. The predicted molar refractivity (Wildman–Crippen MR) is 82.4 cm³/mol. The van der Waals surface area contributed by atoms with Crippen molar-refractivity contribution in [1.82, 2.24) is 5.32 Å². The fourth-order valence-electron chi connectivity index (χ4n) is 2.69. The number of halogens is 1. The molecule has 1 fully saturated rings. The molecule has 0 saturated heterocycles. The number of amides is 1. The molecule has 1 aromatic rings. The van der Waals surface area contributed by atoms with E-state index in [0.29, 0.717) is 18.1 Å². The van der Waals surface area contributed by atoms with Gasteiger partial charge in [0.05, 0.1) is 12.1 Å². The minimum absolute atomic E-state index is 0.000972. The molecule has 2 rings (SSSR count). The van der Waals surface area contributed by atoms with Crippen LogP contribution < -0.4 is 5.32 Å². The molecule has 4 nitrogen and oxygen atoms in total. The van der Waals surface area contributed by atoms with Crippen molar-refractivity contribution >= 4 is 17.5 Å². The van der Waals surface area contributed by atoms with Gasteiger partial charge in [-0.1, -0.05) is 23.7 Å². The van der Waals surface area contributed by atoms with Gasteiger partial charge in [0.1, 0.15) is 0 Å². The van der Waals surface area contributed by atoms with Crippen LogP contribution in [-0.4, -0.2) is 36.9 Å². The highest BCUT2D eigenvalue weighted by Gasteiger charge is 2.45. The molecule has 2 N–H and O–H groups in total. The first-order valence-electron chi connectivity index (χ1n) is 7.16. The number of benzene rings is 1. The number of aliphatic hydroxyl groups excluding tert-OH is 1. The number of carbonyl (C=O) groups is 1. The fourth-order valence-corrected chi connectivity index (χ4v) is 2.82. The Balaban J connectivity index is 1.94. The lowest BCUT2D eigenvalue weighted by Gasteiger charge is -2.29. The number of rotatable bonds is 7. The third-order valence-electron chi connectivity index (χ3n) is 3.98. The number of ether oxygens (including phenoxy) is 1. The summed E-state index contributed by atoms with van der Waals surface area (Å²) in [5, 5.41) is 12.9. The normalized spacial score (nSPS) is 23.4. The van der Waals surface area contributed by atoms with E-state index in [1.165, 1.54) is 0 Å². The Kier molecular flexibility index (Phi) is 5.25. The second kappa shape index (κ2) is 6.77. The van der Waals surface area contributed by atoms with Gasteiger partial charge in [0.25, 0.3) is 0 Å². The molecule has 116 valence electrons. The molecular weight excluding hydrogens is 290 g/mol. The van der Waals surface area contributed by atoms with Gasteiger partial charge in [-0.2, -0.15) is 0 Å². The summed E-state index contributed by atoms with van der Waals surface area (Å²) < 4.78 is 5.14. The smallest absolute Gasteiger partial charge is 0.224 e. The average molecular weight is 312 g/mol. The lowest BCUT2D eigenvalue weighted by Crippen LogP contribution is -2.50. The highest BCUT2D eigenvalue weighted by molar-refractivity contribution is 6.30. The maximum atomic E-state index is 12.3. The molecule has 3 atom stereocenters. The Morgan fingerprint density at radius 3 is 2.71 bits per heavy atom. The van der Waals surface area contributed by atoms with E-state index >= 15 is 0 Å². The van der Waals surface area contributed by atoms with Gasteiger partial charge in [0.2, 0.25) is 5.91 Å². The molecule has 0 aromatic heterocycles. The highest BCUT2D eigenvalue weighted by Crippen LogP contribution is 2.47. The molecule has 0 bridgehead atoms. The molecule has 5 heteroatoms. The predicted octanol–water partition coefficient (Wildman–Crippen LogP) is 2.35. The van der Waals surface area contributed by atoms with Crippen LogP contribution in [-0.2, 0) is 9.53 Å². The number of aliphatic hydroxyl groups is 1. The maximum absolute atomic E-state index is 12.3. The number of methoxy groups -OCH3 is 1. The SMILES string of the molecule is COCC(C)(CCO)NC(=O)C1CC1c1ccc(Cl)cc1.